The van der Waals surface area contributed by atoms with Crippen LogP contribution in [-0.4, -0.2) is 34.3 Å². The molecule has 1 saturated heterocycles. The zero-order chi connectivity index (χ0) is 22.6. The summed E-state index contributed by atoms with van der Waals surface area (Å²) in [6, 6.07) is 29.8. The number of hydrogen-bond acceptors (Lipinski definition) is 4. The second kappa shape index (κ2) is 9.47. The normalized spacial score (nSPS) is 14.8. The van der Waals surface area contributed by atoms with Gasteiger partial charge in [0.1, 0.15) is 17.7 Å². The van der Waals surface area contributed by atoms with Crippen molar-refractivity contribution in [3.05, 3.63) is 91.0 Å². The monoisotopic (exact) mass is 436 g/mol. The molecule has 2 heterocycles. The molecular formula is C29H28N2O2. The lowest BCUT2D eigenvalue weighted by Crippen LogP contribution is -2.34. The van der Waals surface area contributed by atoms with Gasteiger partial charge < -0.3 is 9.84 Å². The van der Waals surface area contributed by atoms with Crippen LogP contribution in [0.1, 0.15) is 19.8 Å². The van der Waals surface area contributed by atoms with Crippen molar-refractivity contribution in [2.45, 2.75) is 26.0 Å². The molecule has 1 aromatic heterocycles. The first-order chi connectivity index (χ1) is 16.2. The number of phenols is 1. The summed E-state index contributed by atoms with van der Waals surface area (Å²) in [6.07, 6.45) is 2.45. The van der Waals surface area contributed by atoms with E-state index < -0.39 is 0 Å². The molecule has 1 unspecified atom stereocenters. The summed E-state index contributed by atoms with van der Waals surface area (Å²) in [5.74, 6) is 1.08. The zero-order valence-electron chi connectivity index (χ0n) is 18.8. The Balaban J connectivity index is 1.62. The van der Waals surface area contributed by atoms with Gasteiger partial charge in [-0.3, -0.25) is 4.90 Å². The van der Waals surface area contributed by atoms with Crippen LogP contribution in [0.2, 0.25) is 0 Å². The van der Waals surface area contributed by atoms with Crippen LogP contribution in [0.25, 0.3) is 33.6 Å². The van der Waals surface area contributed by atoms with Crippen LogP contribution < -0.4 is 4.74 Å². The lowest BCUT2D eigenvalue weighted by atomic mass is 9.97. The van der Waals surface area contributed by atoms with E-state index in [-0.39, 0.29) is 12.0 Å². The molecule has 0 bridgehead atoms. The Hall–Kier alpha value is -3.63. The van der Waals surface area contributed by atoms with E-state index in [1.807, 2.05) is 48.5 Å². The topological polar surface area (TPSA) is 45.6 Å². The molecule has 1 fully saturated rings. The van der Waals surface area contributed by atoms with Gasteiger partial charge >= 0.3 is 0 Å². The third kappa shape index (κ3) is 4.62. The van der Waals surface area contributed by atoms with Crippen molar-refractivity contribution in [2.24, 2.45) is 0 Å². The number of aromatic nitrogens is 1. The van der Waals surface area contributed by atoms with Crippen LogP contribution in [0.15, 0.2) is 91.0 Å². The zero-order valence-corrected chi connectivity index (χ0v) is 18.8. The highest BCUT2D eigenvalue weighted by atomic mass is 16.5. The number of rotatable bonds is 6. The number of likely N-dealkylation sites (tertiary alicyclic amines) is 1. The van der Waals surface area contributed by atoms with Crippen LogP contribution in [-0.2, 0) is 0 Å². The highest BCUT2D eigenvalue weighted by molar-refractivity contribution is 5.85. The average molecular weight is 437 g/mol. The van der Waals surface area contributed by atoms with E-state index in [0.29, 0.717) is 0 Å². The fourth-order valence-electron chi connectivity index (χ4n) is 4.44. The maximum absolute atomic E-state index is 9.79. The summed E-state index contributed by atoms with van der Waals surface area (Å²) in [6.45, 7) is 4.27. The van der Waals surface area contributed by atoms with Gasteiger partial charge in [0.15, 0.2) is 0 Å². The molecule has 0 amide bonds. The molecule has 4 heteroatoms. The van der Waals surface area contributed by atoms with Gasteiger partial charge in [0.2, 0.25) is 0 Å². The molecule has 1 aliphatic heterocycles. The molecule has 1 aliphatic rings. The summed E-state index contributed by atoms with van der Waals surface area (Å²) in [4.78, 5) is 7.50. The molecule has 4 aromatic rings. The van der Waals surface area contributed by atoms with Crippen molar-refractivity contribution < 1.29 is 9.84 Å². The number of para-hydroxylation sites is 1. The van der Waals surface area contributed by atoms with Crippen LogP contribution in [0.3, 0.4) is 0 Å². The molecule has 0 aliphatic carbocycles. The summed E-state index contributed by atoms with van der Waals surface area (Å²) >= 11 is 0. The van der Waals surface area contributed by atoms with Gasteiger partial charge in [-0.2, -0.15) is 0 Å². The van der Waals surface area contributed by atoms with Crippen molar-refractivity contribution in [2.75, 3.05) is 13.1 Å². The lowest BCUT2D eigenvalue weighted by Gasteiger charge is -2.26. The van der Waals surface area contributed by atoms with Crippen molar-refractivity contribution in [3.8, 4) is 45.1 Å². The van der Waals surface area contributed by atoms with Gasteiger partial charge in [-0.15, -0.1) is 0 Å². The first kappa shape index (κ1) is 21.2. The third-order valence-corrected chi connectivity index (χ3v) is 6.24. The number of benzene rings is 3. The van der Waals surface area contributed by atoms with Gasteiger partial charge in [0.25, 0.3) is 0 Å². The van der Waals surface area contributed by atoms with Crippen LogP contribution in [0.4, 0.5) is 0 Å². The fourth-order valence-corrected chi connectivity index (χ4v) is 4.44. The van der Waals surface area contributed by atoms with Crippen molar-refractivity contribution in [3.63, 3.8) is 0 Å². The number of ether oxygens (including phenoxy) is 1. The number of hydrogen-bond donors (Lipinski definition) is 1. The lowest BCUT2D eigenvalue weighted by molar-refractivity contribution is 0.0597. The number of aromatic hydroxyl groups is 1. The first-order valence-corrected chi connectivity index (χ1v) is 11.5. The Kier molecular flexibility index (Phi) is 6.09. The van der Waals surface area contributed by atoms with E-state index in [2.05, 4.69) is 42.2 Å². The highest BCUT2D eigenvalue weighted by Crippen LogP contribution is 2.38. The summed E-state index contributed by atoms with van der Waals surface area (Å²) in [7, 11) is 0. The minimum absolute atomic E-state index is 0.00285. The molecule has 1 atom stereocenters. The Labute approximate surface area is 195 Å². The number of phenolic OH excluding ortho intramolecular Hbond substituents is 1. The Bertz CT molecular complexity index is 1220. The van der Waals surface area contributed by atoms with Crippen molar-refractivity contribution in [1.29, 1.82) is 0 Å². The van der Waals surface area contributed by atoms with Gasteiger partial charge in [0, 0.05) is 29.8 Å². The number of pyridine rings is 1. The summed E-state index contributed by atoms with van der Waals surface area (Å²) in [5, 5.41) is 9.79. The molecule has 0 spiro atoms. The van der Waals surface area contributed by atoms with Gasteiger partial charge in [0.05, 0.1) is 11.4 Å². The van der Waals surface area contributed by atoms with E-state index in [0.717, 1.165) is 52.5 Å². The molecule has 4 nitrogen and oxygen atoms in total. The van der Waals surface area contributed by atoms with E-state index >= 15 is 0 Å². The third-order valence-electron chi connectivity index (χ3n) is 6.24. The van der Waals surface area contributed by atoms with E-state index in [9.17, 15) is 5.11 Å². The predicted octanol–water partition coefficient (Wildman–Crippen LogP) is 6.61. The quantitative estimate of drug-likeness (QED) is 0.369. The Morgan fingerprint density at radius 3 is 2.21 bits per heavy atom. The standard InChI is InChI=1S/C29H28N2O2/c1-21(31-19-7-8-20-31)33-28-12-6-5-11-26(28)29-25(22-13-15-24(32)16-14-22)17-18-27(30-29)23-9-3-2-4-10-23/h2-6,9-18,21,32H,7-8,19-20H2,1H3. The summed E-state index contributed by atoms with van der Waals surface area (Å²) < 4.78 is 6.49. The minimum Gasteiger partial charge on any atom is -0.508 e. The van der Waals surface area contributed by atoms with Gasteiger partial charge in [-0.25, -0.2) is 4.98 Å². The van der Waals surface area contributed by atoms with E-state index in [1.54, 1.807) is 12.1 Å². The smallest absolute Gasteiger partial charge is 0.149 e. The second-order valence-corrected chi connectivity index (χ2v) is 8.46. The summed E-state index contributed by atoms with van der Waals surface area (Å²) in [5.41, 5.74) is 5.81. The maximum Gasteiger partial charge on any atom is 0.149 e. The van der Waals surface area contributed by atoms with Crippen molar-refractivity contribution in [1.82, 2.24) is 9.88 Å². The van der Waals surface area contributed by atoms with Gasteiger partial charge in [-0.1, -0.05) is 60.7 Å². The Morgan fingerprint density at radius 1 is 0.758 bits per heavy atom. The first-order valence-electron chi connectivity index (χ1n) is 11.5. The van der Waals surface area contributed by atoms with Crippen LogP contribution >= 0.6 is 0 Å². The average Bonchev–Trinajstić information content (AvgIpc) is 3.41. The predicted molar refractivity (Wildman–Crippen MR) is 133 cm³/mol. The largest absolute Gasteiger partial charge is 0.508 e. The molecule has 3 aromatic carbocycles. The molecule has 166 valence electrons. The van der Waals surface area contributed by atoms with Crippen LogP contribution in [0, 0.1) is 0 Å². The molecule has 1 N–H and O–H groups in total. The van der Waals surface area contributed by atoms with Gasteiger partial charge in [-0.05, 0) is 55.7 Å². The highest BCUT2D eigenvalue weighted by Gasteiger charge is 2.22. The second-order valence-electron chi connectivity index (χ2n) is 8.46. The maximum atomic E-state index is 9.79. The molecule has 33 heavy (non-hydrogen) atoms. The molecule has 5 rings (SSSR count). The molecular weight excluding hydrogens is 408 g/mol. The van der Waals surface area contributed by atoms with E-state index in [4.69, 9.17) is 9.72 Å². The molecule has 0 saturated carbocycles. The molecule has 0 radical (unpaired) electrons. The van der Waals surface area contributed by atoms with E-state index in [1.165, 1.54) is 12.8 Å². The Morgan fingerprint density at radius 2 is 1.45 bits per heavy atom. The fraction of sp³-hybridized carbons (Fsp3) is 0.207. The SMILES string of the molecule is CC(Oc1ccccc1-c1nc(-c2ccccc2)ccc1-c1ccc(O)cc1)N1CCCC1. The minimum atomic E-state index is 0.00285. The number of nitrogens with zero attached hydrogens (tertiary/aromatic N) is 2. The van der Waals surface area contributed by atoms with Crippen LogP contribution in [0.5, 0.6) is 11.5 Å². The van der Waals surface area contributed by atoms with Crippen molar-refractivity contribution >= 4 is 0 Å².